The van der Waals surface area contributed by atoms with E-state index in [1.54, 1.807) is 12.3 Å². The second-order valence-electron chi connectivity index (χ2n) is 7.26. The summed E-state index contributed by atoms with van der Waals surface area (Å²) in [5.74, 6) is -0.0210. The Hall–Kier alpha value is -2.38. The molecule has 2 saturated carbocycles. The van der Waals surface area contributed by atoms with Crippen LogP contribution in [0.2, 0.25) is 0 Å². The molecule has 0 bridgehead atoms. The zero-order chi connectivity index (χ0) is 17.4. The van der Waals surface area contributed by atoms with E-state index in [1.807, 2.05) is 4.68 Å². The van der Waals surface area contributed by atoms with Gasteiger partial charge in [0.25, 0.3) is 5.91 Å². The number of nitrogens with zero attached hydrogens (tertiary/aromatic N) is 3. The number of imide groups is 1. The molecule has 4 amide bonds. The van der Waals surface area contributed by atoms with Gasteiger partial charge in [0, 0.05) is 6.07 Å². The maximum atomic E-state index is 12.6. The van der Waals surface area contributed by atoms with Crippen molar-refractivity contribution in [1.29, 1.82) is 0 Å². The van der Waals surface area contributed by atoms with Gasteiger partial charge in [-0.05, 0) is 25.7 Å². The van der Waals surface area contributed by atoms with E-state index in [0.717, 1.165) is 30.6 Å². The smallest absolute Gasteiger partial charge is 0.323 e. The number of aromatic nitrogens is 2. The van der Waals surface area contributed by atoms with Crippen LogP contribution in [0.5, 0.6) is 0 Å². The van der Waals surface area contributed by atoms with Gasteiger partial charge in [0.05, 0.1) is 12.2 Å². The summed E-state index contributed by atoms with van der Waals surface area (Å²) in [4.78, 5) is 38.2. The van der Waals surface area contributed by atoms with Gasteiger partial charge in [0.1, 0.15) is 17.9 Å². The zero-order valence-corrected chi connectivity index (χ0v) is 14.2. The molecule has 8 heteroatoms. The monoisotopic (exact) mass is 345 g/mol. The van der Waals surface area contributed by atoms with Crippen LogP contribution in [-0.4, -0.2) is 44.6 Å². The molecule has 1 saturated heterocycles. The SMILES string of the molecule is O=C(CN1C(=O)NC2(CCCC2)C1=O)Nc1ccnn1C1CCCC1. The van der Waals surface area contributed by atoms with Crippen LogP contribution in [0, 0.1) is 0 Å². The molecule has 1 aromatic heterocycles. The van der Waals surface area contributed by atoms with E-state index in [2.05, 4.69) is 15.7 Å². The first-order valence-electron chi connectivity index (χ1n) is 9.06. The number of urea groups is 1. The molecule has 134 valence electrons. The Kier molecular flexibility index (Phi) is 3.97. The fourth-order valence-electron chi connectivity index (χ4n) is 4.32. The third kappa shape index (κ3) is 2.79. The van der Waals surface area contributed by atoms with Gasteiger partial charge >= 0.3 is 6.03 Å². The first-order valence-corrected chi connectivity index (χ1v) is 9.06. The van der Waals surface area contributed by atoms with Crippen LogP contribution in [-0.2, 0) is 9.59 Å². The molecule has 2 N–H and O–H groups in total. The average molecular weight is 345 g/mol. The van der Waals surface area contributed by atoms with Crippen LogP contribution in [0.25, 0.3) is 0 Å². The van der Waals surface area contributed by atoms with Crippen molar-refractivity contribution in [2.75, 3.05) is 11.9 Å². The Bertz CT molecular complexity index is 701. The van der Waals surface area contributed by atoms with Crippen molar-refractivity contribution in [1.82, 2.24) is 20.0 Å². The van der Waals surface area contributed by atoms with Crippen molar-refractivity contribution in [2.24, 2.45) is 0 Å². The number of amides is 4. The van der Waals surface area contributed by atoms with Crippen LogP contribution < -0.4 is 10.6 Å². The van der Waals surface area contributed by atoms with Crippen molar-refractivity contribution in [3.05, 3.63) is 12.3 Å². The average Bonchev–Trinajstić information content (AvgIpc) is 3.34. The Balaban J connectivity index is 1.42. The van der Waals surface area contributed by atoms with Crippen LogP contribution >= 0.6 is 0 Å². The molecule has 3 aliphatic rings. The molecule has 1 spiro atoms. The van der Waals surface area contributed by atoms with E-state index < -0.39 is 11.6 Å². The first-order chi connectivity index (χ1) is 12.1. The van der Waals surface area contributed by atoms with Gasteiger partial charge in [0.2, 0.25) is 5.91 Å². The molecule has 0 atom stereocenters. The maximum Gasteiger partial charge on any atom is 0.325 e. The Morgan fingerprint density at radius 3 is 2.68 bits per heavy atom. The van der Waals surface area contributed by atoms with E-state index in [0.29, 0.717) is 24.7 Å². The minimum absolute atomic E-state index is 0.262. The predicted molar refractivity (Wildman–Crippen MR) is 89.8 cm³/mol. The summed E-state index contributed by atoms with van der Waals surface area (Å²) in [7, 11) is 0. The quantitative estimate of drug-likeness (QED) is 0.813. The van der Waals surface area contributed by atoms with Gasteiger partial charge in [-0.25, -0.2) is 9.48 Å². The topological polar surface area (TPSA) is 96.3 Å². The van der Waals surface area contributed by atoms with E-state index in [-0.39, 0.29) is 18.4 Å². The highest BCUT2D eigenvalue weighted by Gasteiger charge is 2.52. The summed E-state index contributed by atoms with van der Waals surface area (Å²) < 4.78 is 1.84. The predicted octanol–water partition coefficient (Wildman–Crippen LogP) is 1.80. The standard InChI is InChI=1S/C17H23N5O3/c23-14(19-13-7-10-18-22(13)12-5-1-2-6-12)11-21-15(24)17(20-16(21)25)8-3-4-9-17/h7,10,12H,1-6,8-9,11H2,(H,19,23)(H,20,25). The Labute approximate surface area is 145 Å². The second-order valence-corrected chi connectivity index (χ2v) is 7.26. The molecule has 0 radical (unpaired) electrons. The van der Waals surface area contributed by atoms with Gasteiger partial charge < -0.3 is 10.6 Å². The molecular formula is C17H23N5O3. The second kappa shape index (κ2) is 6.16. The van der Waals surface area contributed by atoms with Gasteiger partial charge in [-0.3, -0.25) is 14.5 Å². The molecule has 1 aromatic rings. The van der Waals surface area contributed by atoms with Crippen molar-refractivity contribution in [3.8, 4) is 0 Å². The molecule has 0 aromatic carbocycles. The van der Waals surface area contributed by atoms with Crippen LogP contribution in [0.4, 0.5) is 10.6 Å². The molecule has 2 aliphatic carbocycles. The lowest BCUT2D eigenvalue weighted by Gasteiger charge is -2.20. The van der Waals surface area contributed by atoms with Crippen LogP contribution in [0.15, 0.2) is 12.3 Å². The summed E-state index contributed by atoms with van der Waals surface area (Å²) >= 11 is 0. The maximum absolute atomic E-state index is 12.6. The normalized spacial score (nSPS) is 22.8. The summed E-state index contributed by atoms with van der Waals surface area (Å²) in [5, 5.41) is 9.90. The molecule has 0 unspecified atom stereocenters. The lowest BCUT2D eigenvalue weighted by molar-refractivity contribution is -0.133. The molecule has 8 nitrogen and oxygen atoms in total. The number of anilines is 1. The lowest BCUT2D eigenvalue weighted by atomic mass is 9.98. The highest BCUT2D eigenvalue weighted by atomic mass is 16.2. The van der Waals surface area contributed by atoms with E-state index in [1.165, 1.54) is 12.8 Å². The van der Waals surface area contributed by atoms with Gasteiger partial charge in [-0.1, -0.05) is 25.7 Å². The molecule has 1 aliphatic heterocycles. The summed E-state index contributed by atoms with van der Waals surface area (Å²) in [5.41, 5.74) is -0.775. The van der Waals surface area contributed by atoms with E-state index >= 15 is 0 Å². The van der Waals surface area contributed by atoms with Gasteiger partial charge in [0.15, 0.2) is 0 Å². The first kappa shape index (κ1) is 16.1. The summed E-state index contributed by atoms with van der Waals surface area (Å²) in [6, 6.07) is 1.59. The highest BCUT2D eigenvalue weighted by Crippen LogP contribution is 2.35. The minimum atomic E-state index is -0.775. The fourth-order valence-corrected chi connectivity index (χ4v) is 4.32. The third-order valence-corrected chi connectivity index (χ3v) is 5.61. The molecule has 3 fully saturated rings. The largest absolute Gasteiger partial charge is 0.325 e. The zero-order valence-electron chi connectivity index (χ0n) is 14.2. The number of hydrogen-bond acceptors (Lipinski definition) is 4. The van der Waals surface area contributed by atoms with E-state index in [9.17, 15) is 14.4 Å². The Morgan fingerprint density at radius 2 is 1.96 bits per heavy atom. The lowest BCUT2D eigenvalue weighted by Crippen LogP contribution is -2.44. The van der Waals surface area contributed by atoms with Crippen molar-refractivity contribution in [2.45, 2.75) is 62.9 Å². The third-order valence-electron chi connectivity index (χ3n) is 5.61. The van der Waals surface area contributed by atoms with Gasteiger partial charge in [-0.15, -0.1) is 0 Å². The summed E-state index contributed by atoms with van der Waals surface area (Å²) in [6.45, 7) is -0.262. The fraction of sp³-hybridized carbons (Fsp3) is 0.647. The number of rotatable bonds is 4. The number of hydrogen-bond donors (Lipinski definition) is 2. The van der Waals surface area contributed by atoms with Crippen LogP contribution in [0.1, 0.15) is 57.4 Å². The van der Waals surface area contributed by atoms with Gasteiger partial charge in [-0.2, -0.15) is 5.10 Å². The molecule has 25 heavy (non-hydrogen) atoms. The van der Waals surface area contributed by atoms with Crippen molar-refractivity contribution >= 4 is 23.7 Å². The van der Waals surface area contributed by atoms with Crippen LogP contribution in [0.3, 0.4) is 0 Å². The molecular weight excluding hydrogens is 322 g/mol. The Morgan fingerprint density at radius 1 is 1.24 bits per heavy atom. The minimum Gasteiger partial charge on any atom is -0.323 e. The number of carbonyl (C=O) groups excluding carboxylic acids is 3. The van der Waals surface area contributed by atoms with Crippen molar-refractivity contribution < 1.29 is 14.4 Å². The molecule has 2 heterocycles. The molecule has 4 rings (SSSR count). The number of nitrogens with one attached hydrogen (secondary N) is 2. The van der Waals surface area contributed by atoms with E-state index in [4.69, 9.17) is 0 Å². The highest BCUT2D eigenvalue weighted by molar-refractivity contribution is 6.10. The summed E-state index contributed by atoms with van der Waals surface area (Å²) in [6.07, 6.45) is 9.27. The number of carbonyl (C=O) groups is 3. The van der Waals surface area contributed by atoms with Crippen molar-refractivity contribution in [3.63, 3.8) is 0 Å².